The number of fused-ring (bicyclic) bond motifs is 1. The molecule has 0 saturated carbocycles. The highest BCUT2D eigenvalue weighted by Gasteiger charge is 2.21. The SMILES string of the molecule is CCc1ccc(NC(=O)CSc2nc3ccc(N=Cc4ccc(N5CCOCC5)c([N+](=O)[O-])c4)cc3s2)cc1. The Morgan fingerprint density at radius 1 is 1.18 bits per heavy atom. The van der Waals surface area contributed by atoms with Gasteiger partial charge in [0, 0.05) is 31.1 Å². The zero-order valence-electron chi connectivity index (χ0n) is 21.3. The van der Waals surface area contributed by atoms with Gasteiger partial charge in [-0.25, -0.2) is 4.98 Å². The summed E-state index contributed by atoms with van der Waals surface area (Å²) < 4.78 is 7.12. The summed E-state index contributed by atoms with van der Waals surface area (Å²) in [6, 6.07) is 18.7. The highest BCUT2D eigenvalue weighted by Crippen LogP contribution is 2.33. The van der Waals surface area contributed by atoms with Crippen molar-refractivity contribution in [1.82, 2.24) is 4.98 Å². The van der Waals surface area contributed by atoms with Gasteiger partial charge in [0.2, 0.25) is 5.91 Å². The van der Waals surface area contributed by atoms with E-state index in [0.717, 1.165) is 32.4 Å². The molecule has 0 radical (unpaired) electrons. The predicted octanol–water partition coefficient (Wildman–Crippen LogP) is 6.08. The van der Waals surface area contributed by atoms with Crippen LogP contribution in [0, 0.1) is 10.1 Å². The van der Waals surface area contributed by atoms with E-state index < -0.39 is 0 Å². The molecule has 9 nitrogen and oxygen atoms in total. The van der Waals surface area contributed by atoms with Crippen molar-refractivity contribution in [3.63, 3.8) is 0 Å². The molecule has 1 saturated heterocycles. The largest absolute Gasteiger partial charge is 0.378 e. The number of aromatic nitrogens is 1. The number of hydrogen-bond donors (Lipinski definition) is 1. The molecule has 4 aromatic rings. The lowest BCUT2D eigenvalue weighted by Gasteiger charge is -2.28. The van der Waals surface area contributed by atoms with Gasteiger partial charge in [-0.1, -0.05) is 36.9 Å². The van der Waals surface area contributed by atoms with E-state index in [9.17, 15) is 14.9 Å². The third-order valence-corrected chi connectivity index (χ3v) is 8.40. The Bertz CT molecular complexity index is 1510. The zero-order valence-corrected chi connectivity index (χ0v) is 23.0. The van der Waals surface area contributed by atoms with E-state index in [4.69, 9.17) is 4.74 Å². The van der Waals surface area contributed by atoms with Crippen LogP contribution in [0.5, 0.6) is 0 Å². The molecule has 1 aromatic heterocycles. The van der Waals surface area contributed by atoms with Gasteiger partial charge in [-0.3, -0.25) is 19.9 Å². The van der Waals surface area contributed by atoms with Crippen LogP contribution in [0.1, 0.15) is 18.1 Å². The van der Waals surface area contributed by atoms with E-state index in [1.807, 2.05) is 53.4 Å². The first-order valence-electron chi connectivity index (χ1n) is 12.6. The highest BCUT2D eigenvalue weighted by molar-refractivity contribution is 8.01. The zero-order chi connectivity index (χ0) is 27.2. The number of benzene rings is 3. The van der Waals surface area contributed by atoms with Gasteiger partial charge in [0.1, 0.15) is 5.69 Å². The number of hydrogen-bond acceptors (Lipinski definition) is 9. The van der Waals surface area contributed by atoms with Crippen LogP contribution in [0.3, 0.4) is 0 Å². The number of nitro groups is 1. The second-order valence-corrected chi connectivity index (χ2v) is 11.1. The Morgan fingerprint density at radius 2 is 1.97 bits per heavy atom. The molecule has 2 heterocycles. The highest BCUT2D eigenvalue weighted by atomic mass is 32.2. The first-order valence-corrected chi connectivity index (χ1v) is 14.4. The second kappa shape index (κ2) is 12.4. The van der Waals surface area contributed by atoms with Crippen LogP contribution in [0.15, 0.2) is 70.0 Å². The maximum absolute atomic E-state index is 12.4. The number of rotatable bonds is 9. The summed E-state index contributed by atoms with van der Waals surface area (Å²) in [5.41, 5.74) is 4.87. The second-order valence-electron chi connectivity index (χ2n) is 8.88. The fourth-order valence-electron chi connectivity index (χ4n) is 4.17. The van der Waals surface area contributed by atoms with Gasteiger partial charge in [0.25, 0.3) is 5.69 Å². The monoisotopic (exact) mass is 561 g/mol. The molecule has 0 spiro atoms. The molecule has 1 fully saturated rings. The van der Waals surface area contributed by atoms with E-state index in [0.29, 0.717) is 37.6 Å². The fraction of sp³-hybridized carbons (Fsp3) is 0.250. The van der Waals surface area contributed by atoms with Crippen molar-refractivity contribution >= 4 is 68.2 Å². The number of anilines is 2. The number of carbonyl (C=O) groups is 1. The summed E-state index contributed by atoms with van der Waals surface area (Å²) in [5, 5.41) is 14.6. The number of morpholine rings is 1. The van der Waals surface area contributed by atoms with Crippen molar-refractivity contribution in [2.45, 2.75) is 17.7 Å². The molecule has 1 aliphatic rings. The van der Waals surface area contributed by atoms with E-state index in [-0.39, 0.29) is 22.3 Å². The van der Waals surface area contributed by atoms with Crippen molar-refractivity contribution < 1.29 is 14.5 Å². The molecular formula is C28H27N5O4S2. The molecule has 5 rings (SSSR count). The van der Waals surface area contributed by atoms with Crippen LogP contribution in [0.25, 0.3) is 10.2 Å². The molecule has 1 N–H and O–H groups in total. The number of thiazole rings is 1. The maximum atomic E-state index is 12.4. The lowest BCUT2D eigenvalue weighted by atomic mass is 10.1. The summed E-state index contributed by atoms with van der Waals surface area (Å²) in [6.07, 6.45) is 2.59. The quantitative estimate of drug-likeness (QED) is 0.114. The third-order valence-electron chi connectivity index (χ3n) is 6.24. The maximum Gasteiger partial charge on any atom is 0.293 e. The predicted molar refractivity (Wildman–Crippen MR) is 158 cm³/mol. The van der Waals surface area contributed by atoms with E-state index in [1.54, 1.807) is 18.3 Å². The molecule has 1 amide bonds. The summed E-state index contributed by atoms with van der Waals surface area (Å²) in [6.45, 7) is 4.46. The number of aliphatic imine (C=N–C) groups is 1. The minimum absolute atomic E-state index is 0.0578. The average Bonchev–Trinajstić information content (AvgIpc) is 3.38. The number of nitrogens with zero attached hydrogens (tertiary/aromatic N) is 4. The molecule has 0 bridgehead atoms. The molecule has 11 heteroatoms. The number of thioether (sulfide) groups is 1. The molecule has 0 aliphatic carbocycles. The Morgan fingerprint density at radius 3 is 2.72 bits per heavy atom. The summed E-state index contributed by atoms with van der Waals surface area (Å²) in [7, 11) is 0. The van der Waals surface area contributed by atoms with Crippen LogP contribution < -0.4 is 10.2 Å². The van der Waals surface area contributed by atoms with E-state index in [2.05, 4.69) is 22.2 Å². The average molecular weight is 562 g/mol. The van der Waals surface area contributed by atoms with E-state index in [1.165, 1.54) is 28.7 Å². The Hall–Kier alpha value is -3.80. The normalized spacial score (nSPS) is 13.7. The smallest absolute Gasteiger partial charge is 0.293 e. The van der Waals surface area contributed by atoms with Gasteiger partial charge < -0.3 is 15.0 Å². The Kier molecular flexibility index (Phi) is 8.50. The molecule has 200 valence electrons. The van der Waals surface area contributed by atoms with Gasteiger partial charge >= 0.3 is 0 Å². The number of aryl methyl sites for hydroxylation is 1. The standard InChI is InChI=1S/C28H27N5O4S2/c1-2-19-3-6-21(7-4-19)30-27(34)18-38-28-31-23-9-8-22(16-26(23)39-28)29-17-20-5-10-24(25(15-20)33(35)36)32-11-13-37-14-12-32/h3-10,15-17H,2,11-14,18H2,1H3,(H,30,34). The lowest BCUT2D eigenvalue weighted by molar-refractivity contribution is -0.384. The van der Waals surface area contributed by atoms with Crippen LogP contribution in [0.2, 0.25) is 0 Å². The minimum Gasteiger partial charge on any atom is -0.378 e. The number of ether oxygens (including phenoxy) is 1. The number of carbonyl (C=O) groups excluding carboxylic acids is 1. The summed E-state index contributed by atoms with van der Waals surface area (Å²) >= 11 is 2.90. The first-order chi connectivity index (χ1) is 19.0. The van der Waals surface area contributed by atoms with Crippen molar-refractivity contribution in [2.75, 3.05) is 42.3 Å². The van der Waals surface area contributed by atoms with Gasteiger partial charge in [0.05, 0.1) is 39.8 Å². The Balaban J connectivity index is 1.23. The molecule has 0 atom stereocenters. The van der Waals surface area contributed by atoms with Crippen LogP contribution in [0.4, 0.5) is 22.7 Å². The summed E-state index contributed by atoms with van der Waals surface area (Å²) in [4.78, 5) is 34.9. The molecule has 39 heavy (non-hydrogen) atoms. The summed E-state index contributed by atoms with van der Waals surface area (Å²) in [5.74, 6) is 0.182. The van der Waals surface area contributed by atoms with Gasteiger partial charge in [-0.2, -0.15) is 0 Å². The molecule has 1 aliphatic heterocycles. The van der Waals surface area contributed by atoms with Crippen molar-refractivity contribution in [2.24, 2.45) is 4.99 Å². The molecule has 0 unspecified atom stereocenters. The minimum atomic E-state index is -0.354. The van der Waals surface area contributed by atoms with Crippen LogP contribution >= 0.6 is 23.1 Å². The van der Waals surface area contributed by atoms with Crippen LogP contribution in [-0.2, 0) is 16.0 Å². The molecule has 3 aromatic carbocycles. The van der Waals surface area contributed by atoms with Crippen LogP contribution in [-0.4, -0.2) is 54.1 Å². The number of amides is 1. The molecular weight excluding hydrogens is 534 g/mol. The van der Waals surface area contributed by atoms with Crippen molar-refractivity contribution in [3.05, 3.63) is 81.9 Å². The third kappa shape index (κ3) is 6.80. The fourth-order valence-corrected chi connectivity index (χ4v) is 6.07. The van der Waals surface area contributed by atoms with Crippen molar-refractivity contribution in [1.29, 1.82) is 0 Å². The number of nitro benzene ring substituents is 1. The topological polar surface area (TPSA) is 110 Å². The Labute approximate surface area is 234 Å². The first kappa shape index (κ1) is 26.8. The van der Waals surface area contributed by atoms with Crippen molar-refractivity contribution in [3.8, 4) is 0 Å². The van der Waals surface area contributed by atoms with Gasteiger partial charge in [-0.15, -0.1) is 11.3 Å². The van der Waals surface area contributed by atoms with Gasteiger partial charge in [0.15, 0.2) is 4.34 Å². The van der Waals surface area contributed by atoms with E-state index >= 15 is 0 Å². The lowest BCUT2D eigenvalue weighted by Crippen LogP contribution is -2.36. The van der Waals surface area contributed by atoms with Gasteiger partial charge in [-0.05, 0) is 53.9 Å². The number of nitrogens with one attached hydrogen (secondary N) is 1.